The van der Waals surface area contributed by atoms with Gasteiger partial charge < -0.3 is 4.90 Å². The molecule has 2 aromatic rings. The fourth-order valence-electron chi connectivity index (χ4n) is 2.47. The van der Waals surface area contributed by atoms with Crippen LogP contribution in [-0.4, -0.2) is 16.5 Å². The van der Waals surface area contributed by atoms with Crippen LogP contribution in [-0.2, 0) is 13.0 Å². The van der Waals surface area contributed by atoms with Gasteiger partial charge >= 0.3 is 0 Å². The van der Waals surface area contributed by atoms with Crippen LogP contribution in [0.1, 0.15) is 44.6 Å². The number of aryl methyl sites for hydroxylation is 1. The summed E-state index contributed by atoms with van der Waals surface area (Å²) in [6, 6.07) is 12.6. The molecule has 0 radical (unpaired) electrons. The molecule has 0 amide bonds. The van der Waals surface area contributed by atoms with Crippen molar-refractivity contribution >= 4 is 5.82 Å². The number of aromatic nitrogens is 2. The predicted molar refractivity (Wildman–Crippen MR) is 93.1 cm³/mol. The van der Waals surface area contributed by atoms with Gasteiger partial charge in [-0.2, -0.15) is 5.26 Å². The molecule has 1 aromatic carbocycles. The molecular formula is C19H24N4. The minimum Gasteiger partial charge on any atom is -0.352 e. The van der Waals surface area contributed by atoms with Gasteiger partial charge in [0.2, 0.25) is 5.82 Å². The van der Waals surface area contributed by atoms with E-state index in [1.807, 2.05) is 12.1 Å². The highest BCUT2D eigenvalue weighted by Crippen LogP contribution is 2.22. The molecule has 23 heavy (non-hydrogen) atoms. The first-order chi connectivity index (χ1) is 10.9. The van der Waals surface area contributed by atoms with E-state index < -0.39 is 0 Å². The van der Waals surface area contributed by atoms with Crippen molar-refractivity contribution in [3.05, 3.63) is 53.5 Å². The van der Waals surface area contributed by atoms with Crippen LogP contribution >= 0.6 is 0 Å². The zero-order valence-corrected chi connectivity index (χ0v) is 14.4. The van der Waals surface area contributed by atoms with E-state index in [1.54, 1.807) is 6.20 Å². The highest BCUT2D eigenvalue weighted by atomic mass is 15.2. The summed E-state index contributed by atoms with van der Waals surface area (Å²) in [6.07, 6.45) is 2.69. The Balaban J connectivity index is 2.27. The van der Waals surface area contributed by atoms with Gasteiger partial charge in [-0.15, -0.1) is 0 Å². The zero-order valence-electron chi connectivity index (χ0n) is 14.4. The fraction of sp³-hybridized carbons (Fsp3) is 0.421. The summed E-state index contributed by atoms with van der Waals surface area (Å²) in [5.74, 6) is 1.01. The molecule has 0 spiro atoms. The molecule has 4 nitrogen and oxygen atoms in total. The first kappa shape index (κ1) is 17.0. The van der Waals surface area contributed by atoms with Crippen molar-refractivity contribution in [1.82, 2.24) is 9.97 Å². The third kappa shape index (κ3) is 5.07. The lowest BCUT2D eigenvalue weighted by Gasteiger charge is -2.31. The maximum absolute atomic E-state index is 9.03. The Morgan fingerprint density at radius 1 is 1.09 bits per heavy atom. The molecule has 0 unspecified atom stereocenters. The number of nitrogens with zero attached hydrogens (tertiary/aromatic N) is 4. The molecule has 1 heterocycles. The summed E-state index contributed by atoms with van der Waals surface area (Å²) in [7, 11) is 0. The molecule has 0 saturated carbocycles. The van der Waals surface area contributed by atoms with E-state index in [0.29, 0.717) is 0 Å². The fourth-order valence-corrected chi connectivity index (χ4v) is 2.47. The Kier molecular flexibility index (Phi) is 5.33. The molecule has 4 heteroatoms. The maximum Gasteiger partial charge on any atom is 0.234 e. The highest BCUT2D eigenvalue weighted by Gasteiger charge is 2.18. The van der Waals surface area contributed by atoms with Crippen LogP contribution in [0.15, 0.2) is 36.5 Å². The molecule has 0 aliphatic heterocycles. The third-order valence-corrected chi connectivity index (χ3v) is 3.53. The van der Waals surface area contributed by atoms with Crippen LogP contribution in [0.3, 0.4) is 0 Å². The molecule has 0 atom stereocenters. The van der Waals surface area contributed by atoms with E-state index >= 15 is 0 Å². The molecule has 2 rings (SSSR count). The van der Waals surface area contributed by atoms with Crippen LogP contribution in [0.5, 0.6) is 0 Å². The van der Waals surface area contributed by atoms with Gasteiger partial charge in [-0.1, -0.05) is 52.0 Å². The highest BCUT2D eigenvalue weighted by molar-refractivity contribution is 5.41. The van der Waals surface area contributed by atoms with Crippen molar-refractivity contribution in [2.45, 2.75) is 40.7 Å². The summed E-state index contributed by atoms with van der Waals surface area (Å²) in [5, 5.41) is 9.03. The molecule has 0 bridgehead atoms. The van der Waals surface area contributed by atoms with Crippen molar-refractivity contribution < 1.29 is 0 Å². The van der Waals surface area contributed by atoms with Gasteiger partial charge in [0.15, 0.2) is 0 Å². The van der Waals surface area contributed by atoms with Crippen LogP contribution in [0.4, 0.5) is 5.82 Å². The second-order valence-electron chi connectivity index (χ2n) is 6.94. The average molecular weight is 308 g/mol. The summed E-state index contributed by atoms with van der Waals surface area (Å²) in [5.41, 5.74) is 2.70. The molecule has 0 aliphatic rings. The van der Waals surface area contributed by atoms with Crippen LogP contribution < -0.4 is 4.90 Å². The molecule has 0 N–H and O–H groups in total. The van der Waals surface area contributed by atoms with Crippen molar-refractivity contribution in [3.63, 3.8) is 0 Å². The van der Waals surface area contributed by atoms with Gasteiger partial charge in [-0.25, -0.2) is 9.97 Å². The summed E-state index contributed by atoms with van der Waals surface area (Å²) < 4.78 is 0. The van der Waals surface area contributed by atoms with Crippen molar-refractivity contribution in [1.29, 1.82) is 5.26 Å². The number of benzene rings is 1. The average Bonchev–Trinajstić information content (AvgIpc) is 2.54. The molecule has 1 aromatic heterocycles. The predicted octanol–water partition coefficient (Wildman–Crippen LogP) is 3.96. The smallest absolute Gasteiger partial charge is 0.234 e. The molecular weight excluding hydrogens is 284 g/mol. The van der Waals surface area contributed by atoms with Gasteiger partial charge in [0.1, 0.15) is 11.9 Å². The number of anilines is 1. The van der Waals surface area contributed by atoms with Crippen LogP contribution in [0.25, 0.3) is 0 Å². The van der Waals surface area contributed by atoms with Crippen LogP contribution in [0.2, 0.25) is 0 Å². The quantitative estimate of drug-likeness (QED) is 0.839. The van der Waals surface area contributed by atoms with Gasteiger partial charge in [0.25, 0.3) is 0 Å². The third-order valence-electron chi connectivity index (χ3n) is 3.53. The summed E-state index contributed by atoms with van der Waals surface area (Å²) >= 11 is 0. The van der Waals surface area contributed by atoms with Crippen LogP contribution in [0, 0.1) is 16.7 Å². The molecule has 120 valence electrons. The number of rotatable bonds is 5. The van der Waals surface area contributed by atoms with Gasteiger partial charge in [0, 0.05) is 19.3 Å². The van der Waals surface area contributed by atoms with Gasteiger partial charge in [-0.05, 0) is 29.0 Å². The number of hydrogen-bond acceptors (Lipinski definition) is 4. The Bertz CT molecular complexity index is 678. The lowest BCUT2D eigenvalue weighted by molar-refractivity contribution is 0.407. The molecule has 0 fully saturated rings. The van der Waals surface area contributed by atoms with E-state index in [9.17, 15) is 0 Å². The Labute approximate surface area is 138 Å². The lowest BCUT2D eigenvalue weighted by atomic mass is 9.95. The van der Waals surface area contributed by atoms with E-state index in [2.05, 4.69) is 66.8 Å². The Hall–Kier alpha value is -2.41. The van der Waals surface area contributed by atoms with Crippen molar-refractivity contribution in [3.8, 4) is 6.07 Å². The monoisotopic (exact) mass is 308 g/mol. The standard InChI is InChI=1S/C19H24N4/c1-5-15-6-8-16(9-7-15)13-23(14-19(2,3)4)18-10-11-21-17(12-20)22-18/h6-11H,5,13-14H2,1-4H3. The van der Waals surface area contributed by atoms with Gasteiger partial charge in [-0.3, -0.25) is 0 Å². The normalized spacial score (nSPS) is 11.1. The first-order valence-electron chi connectivity index (χ1n) is 7.97. The van der Waals surface area contributed by atoms with E-state index in [1.165, 1.54) is 11.1 Å². The Morgan fingerprint density at radius 3 is 2.30 bits per heavy atom. The van der Waals surface area contributed by atoms with E-state index in [0.717, 1.165) is 25.3 Å². The zero-order chi connectivity index (χ0) is 16.9. The Morgan fingerprint density at radius 2 is 1.74 bits per heavy atom. The SMILES string of the molecule is CCc1ccc(CN(CC(C)(C)C)c2ccnc(C#N)n2)cc1. The summed E-state index contributed by atoms with van der Waals surface area (Å²) in [4.78, 5) is 10.5. The minimum atomic E-state index is 0.126. The van der Waals surface area contributed by atoms with Crippen molar-refractivity contribution in [2.75, 3.05) is 11.4 Å². The van der Waals surface area contributed by atoms with E-state index in [-0.39, 0.29) is 11.2 Å². The van der Waals surface area contributed by atoms with E-state index in [4.69, 9.17) is 5.26 Å². The second kappa shape index (κ2) is 7.23. The lowest BCUT2D eigenvalue weighted by Crippen LogP contribution is -2.33. The first-order valence-corrected chi connectivity index (χ1v) is 7.97. The number of nitriles is 1. The second-order valence-corrected chi connectivity index (χ2v) is 6.94. The topological polar surface area (TPSA) is 52.8 Å². The maximum atomic E-state index is 9.03. The molecule has 0 saturated heterocycles. The minimum absolute atomic E-state index is 0.126. The van der Waals surface area contributed by atoms with Crippen molar-refractivity contribution in [2.24, 2.45) is 5.41 Å². The summed E-state index contributed by atoms with van der Waals surface area (Å²) in [6.45, 7) is 10.4. The molecule has 0 aliphatic carbocycles. The number of hydrogen-bond donors (Lipinski definition) is 0. The van der Waals surface area contributed by atoms with Gasteiger partial charge in [0.05, 0.1) is 0 Å². The largest absolute Gasteiger partial charge is 0.352 e.